The molecule has 0 saturated heterocycles. The van der Waals surface area contributed by atoms with Crippen LogP contribution in [0.2, 0.25) is 0 Å². The monoisotopic (exact) mass is 133 g/mol. The summed E-state index contributed by atoms with van der Waals surface area (Å²) in [5.41, 5.74) is 0.946. The minimum absolute atomic E-state index is 0.786. The molecule has 0 aliphatic heterocycles. The molecule has 10 heavy (non-hydrogen) atoms. The van der Waals surface area contributed by atoms with E-state index < -0.39 is 0 Å². The third kappa shape index (κ3) is 0.739. The zero-order valence-corrected chi connectivity index (χ0v) is 5.20. The van der Waals surface area contributed by atoms with Gasteiger partial charge in [0.25, 0.3) is 0 Å². The van der Waals surface area contributed by atoms with Crippen LogP contribution in [-0.4, -0.2) is 0 Å². The van der Waals surface area contributed by atoms with Gasteiger partial charge in [0.2, 0.25) is 0 Å². The molecule has 0 atom stereocenters. The molecule has 0 spiro atoms. The zero-order chi connectivity index (χ0) is 6.81. The molecule has 2 heteroatoms. The van der Waals surface area contributed by atoms with Crippen LogP contribution >= 0.6 is 0 Å². The van der Waals surface area contributed by atoms with E-state index >= 15 is 0 Å². The van der Waals surface area contributed by atoms with Crippen molar-refractivity contribution < 1.29 is 8.83 Å². The summed E-state index contributed by atoms with van der Waals surface area (Å²) < 4.78 is 9.93. The predicted molar refractivity (Wildman–Crippen MR) is 35.2 cm³/mol. The van der Waals surface area contributed by atoms with Crippen molar-refractivity contribution in [1.29, 1.82) is 0 Å². The lowest BCUT2D eigenvalue weighted by atomic mass is 10.3. The molecular formula is C8H5O2. The molecular weight excluding hydrogens is 128 g/mol. The van der Waals surface area contributed by atoms with Gasteiger partial charge >= 0.3 is 0 Å². The van der Waals surface area contributed by atoms with Gasteiger partial charge in [0.1, 0.15) is 12.0 Å². The highest BCUT2D eigenvalue weighted by atomic mass is 16.3. The summed E-state index contributed by atoms with van der Waals surface area (Å²) in [6, 6.07) is 6.42. The average molecular weight is 133 g/mol. The fraction of sp³-hybridized carbons (Fsp3) is 0. The normalized spacial score (nSPS) is 10.0. The lowest BCUT2D eigenvalue weighted by Crippen LogP contribution is -1.61. The Labute approximate surface area is 58.1 Å². The van der Waals surface area contributed by atoms with Crippen molar-refractivity contribution in [3.8, 4) is 11.3 Å². The van der Waals surface area contributed by atoms with Crippen molar-refractivity contribution >= 4 is 0 Å². The molecule has 0 unspecified atom stereocenters. The fourth-order valence-electron chi connectivity index (χ4n) is 0.797. The van der Waals surface area contributed by atoms with E-state index in [0.29, 0.717) is 0 Å². The Morgan fingerprint density at radius 2 is 2.40 bits per heavy atom. The van der Waals surface area contributed by atoms with Gasteiger partial charge in [-0.05, 0) is 12.1 Å². The maximum Gasteiger partial charge on any atom is 0.137 e. The van der Waals surface area contributed by atoms with Crippen LogP contribution in [0.1, 0.15) is 0 Å². The molecule has 0 N–H and O–H groups in total. The molecule has 1 radical (unpaired) electrons. The maximum absolute atomic E-state index is 5.06. The lowest BCUT2D eigenvalue weighted by molar-refractivity contribution is 0.560. The predicted octanol–water partition coefficient (Wildman–Crippen LogP) is 2.34. The fourth-order valence-corrected chi connectivity index (χ4v) is 0.797. The quantitative estimate of drug-likeness (QED) is 0.596. The molecule has 2 nitrogen and oxygen atoms in total. The van der Waals surface area contributed by atoms with Crippen molar-refractivity contribution in [3.63, 3.8) is 0 Å². The van der Waals surface area contributed by atoms with Gasteiger partial charge in [-0.1, -0.05) is 0 Å². The summed E-state index contributed by atoms with van der Waals surface area (Å²) in [6.07, 6.45) is 4.76. The van der Waals surface area contributed by atoms with Crippen molar-refractivity contribution in [3.05, 3.63) is 37.0 Å². The third-order valence-electron chi connectivity index (χ3n) is 1.27. The van der Waals surface area contributed by atoms with Crippen LogP contribution in [0.25, 0.3) is 11.3 Å². The van der Waals surface area contributed by atoms with Gasteiger partial charge in [0.15, 0.2) is 0 Å². The number of hydrogen-bond acceptors (Lipinski definition) is 2. The first kappa shape index (κ1) is 5.35. The van der Waals surface area contributed by atoms with E-state index in [9.17, 15) is 0 Å². The highest BCUT2D eigenvalue weighted by molar-refractivity contribution is 5.54. The van der Waals surface area contributed by atoms with E-state index in [1.54, 1.807) is 18.6 Å². The Kier molecular flexibility index (Phi) is 1.10. The second kappa shape index (κ2) is 2.06. The smallest absolute Gasteiger partial charge is 0.137 e. The SMILES string of the molecule is [c]1coc(-c2ccoc2)c1. The molecule has 2 aromatic rings. The van der Waals surface area contributed by atoms with E-state index in [1.807, 2.05) is 6.07 Å². The van der Waals surface area contributed by atoms with Gasteiger partial charge < -0.3 is 8.83 Å². The Morgan fingerprint density at radius 3 is 3.00 bits per heavy atom. The Balaban J connectivity index is 2.48. The van der Waals surface area contributed by atoms with E-state index in [4.69, 9.17) is 8.83 Å². The molecule has 0 aliphatic rings. The van der Waals surface area contributed by atoms with Gasteiger partial charge in [-0.2, -0.15) is 0 Å². The zero-order valence-electron chi connectivity index (χ0n) is 5.20. The first-order valence-electron chi connectivity index (χ1n) is 2.94. The Bertz CT molecular complexity index is 247. The minimum atomic E-state index is 0.786. The molecule has 49 valence electrons. The van der Waals surface area contributed by atoms with Crippen LogP contribution in [0.4, 0.5) is 0 Å². The van der Waals surface area contributed by atoms with Gasteiger partial charge in [0.05, 0.1) is 18.1 Å². The Hall–Kier alpha value is -1.44. The van der Waals surface area contributed by atoms with Crippen LogP contribution in [-0.2, 0) is 0 Å². The summed E-state index contributed by atoms with van der Waals surface area (Å²) in [6.45, 7) is 0. The summed E-state index contributed by atoms with van der Waals surface area (Å²) in [4.78, 5) is 0. The molecule has 2 heterocycles. The molecule has 0 amide bonds. The van der Waals surface area contributed by atoms with Gasteiger partial charge in [-0.3, -0.25) is 0 Å². The molecule has 0 bridgehead atoms. The molecule has 2 aromatic heterocycles. The van der Waals surface area contributed by atoms with Crippen LogP contribution in [0.15, 0.2) is 39.8 Å². The molecule has 2 rings (SSSR count). The number of rotatable bonds is 1. The van der Waals surface area contributed by atoms with E-state index in [2.05, 4.69) is 6.07 Å². The van der Waals surface area contributed by atoms with Gasteiger partial charge in [0, 0.05) is 6.07 Å². The topological polar surface area (TPSA) is 26.3 Å². The van der Waals surface area contributed by atoms with Crippen LogP contribution in [0, 0.1) is 6.07 Å². The molecule has 0 aromatic carbocycles. The Morgan fingerprint density at radius 1 is 1.40 bits per heavy atom. The summed E-state index contributed by atoms with van der Waals surface area (Å²) in [5.74, 6) is 0.786. The van der Waals surface area contributed by atoms with E-state index in [-0.39, 0.29) is 0 Å². The highest BCUT2D eigenvalue weighted by Crippen LogP contribution is 2.18. The lowest BCUT2D eigenvalue weighted by Gasteiger charge is -1.83. The minimum Gasteiger partial charge on any atom is -0.472 e. The standard InChI is InChI=1S/C8H5O2/c1-2-8(10-4-1)7-3-5-9-6-7/h2-6H. The third-order valence-corrected chi connectivity index (χ3v) is 1.27. The first-order chi connectivity index (χ1) is 4.97. The molecule has 0 saturated carbocycles. The average Bonchev–Trinajstić information content (AvgIpc) is 2.59. The summed E-state index contributed by atoms with van der Waals surface area (Å²) in [5, 5.41) is 0. The van der Waals surface area contributed by atoms with Gasteiger partial charge in [-0.25, -0.2) is 0 Å². The molecule has 0 aliphatic carbocycles. The van der Waals surface area contributed by atoms with Crippen LogP contribution < -0.4 is 0 Å². The maximum atomic E-state index is 5.06. The van der Waals surface area contributed by atoms with Crippen LogP contribution in [0.5, 0.6) is 0 Å². The number of hydrogen-bond donors (Lipinski definition) is 0. The van der Waals surface area contributed by atoms with Crippen molar-refractivity contribution in [2.75, 3.05) is 0 Å². The molecule has 0 fully saturated rings. The van der Waals surface area contributed by atoms with Gasteiger partial charge in [-0.15, -0.1) is 0 Å². The van der Waals surface area contributed by atoms with Crippen molar-refractivity contribution in [2.24, 2.45) is 0 Å². The van der Waals surface area contributed by atoms with E-state index in [0.717, 1.165) is 11.3 Å². The second-order valence-corrected chi connectivity index (χ2v) is 1.92. The van der Waals surface area contributed by atoms with Crippen molar-refractivity contribution in [1.82, 2.24) is 0 Å². The summed E-state index contributed by atoms with van der Waals surface area (Å²) >= 11 is 0. The van der Waals surface area contributed by atoms with Crippen LogP contribution in [0.3, 0.4) is 0 Å². The first-order valence-corrected chi connectivity index (χ1v) is 2.94. The van der Waals surface area contributed by atoms with E-state index in [1.165, 1.54) is 6.26 Å². The second-order valence-electron chi connectivity index (χ2n) is 1.92. The summed E-state index contributed by atoms with van der Waals surface area (Å²) in [7, 11) is 0. The highest BCUT2D eigenvalue weighted by Gasteiger charge is 1.99. The van der Waals surface area contributed by atoms with Crippen molar-refractivity contribution in [2.45, 2.75) is 0 Å². The number of furan rings is 2. The largest absolute Gasteiger partial charge is 0.472 e.